The lowest BCUT2D eigenvalue weighted by Crippen LogP contribution is -2.35. The number of nitrogens with zero attached hydrogens (tertiary/aromatic N) is 2. The highest BCUT2D eigenvalue weighted by atomic mass is 16.2. The Hall–Kier alpha value is -2.62. The van der Waals surface area contributed by atoms with Crippen LogP contribution in [0.2, 0.25) is 0 Å². The summed E-state index contributed by atoms with van der Waals surface area (Å²) in [5.41, 5.74) is 4.17. The highest BCUT2D eigenvalue weighted by Crippen LogP contribution is 2.35. The fourth-order valence-corrected chi connectivity index (χ4v) is 4.14. The Morgan fingerprint density at radius 3 is 2.58 bits per heavy atom. The van der Waals surface area contributed by atoms with E-state index in [9.17, 15) is 9.59 Å². The van der Waals surface area contributed by atoms with Gasteiger partial charge in [0.1, 0.15) is 0 Å². The van der Waals surface area contributed by atoms with E-state index in [1.54, 1.807) is 0 Å². The van der Waals surface area contributed by atoms with E-state index in [-0.39, 0.29) is 17.9 Å². The van der Waals surface area contributed by atoms with Crippen molar-refractivity contribution in [1.29, 1.82) is 0 Å². The Bertz CT molecular complexity index is 828. The van der Waals surface area contributed by atoms with E-state index in [1.807, 2.05) is 47.2 Å². The van der Waals surface area contributed by atoms with Gasteiger partial charge in [-0.25, -0.2) is 0 Å². The first kappa shape index (κ1) is 16.8. The normalized spacial score (nSPS) is 19.3. The minimum atomic E-state index is 0.0308. The van der Waals surface area contributed by atoms with Gasteiger partial charge in [0.2, 0.25) is 5.91 Å². The van der Waals surface area contributed by atoms with Crippen molar-refractivity contribution in [2.24, 2.45) is 0 Å². The zero-order valence-corrected chi connectivity index (χ0v) is 15.1. The van der Waals surface area contributed by atoms with Crippen molar-refractivity contribution in [3.05, 3.63) is 65.2 Å². The molecule has 0 bridgehead atoms. The molecule has 1 atom stereocenters. The molecule has 2 amide bonds. The predicted octanol–water partition coefficient (Wildman–Crippen LogP) is 3.96. The van der Waals surface area contributed by atoms with Gasteiger partial charge in [0.05, 0.1) is 6.04 Å². The molecule has 2 aliphatic rings. The first-order valence-electron chi connectivity index (χ1n) is 9.40. The van der Waals surface area contributed by atoms with Crippen LogP contribution in [0.3, 0.4) is 0 Å². The molecule has 134 valence electrons. The van der Waals surface area contributed by atoms with Crippen LogP contribution in [0.1, 0.15) is 53.2 Å². The Balaban J connectivity index is 1.51. The molecule has 2 aromatic rings. The van der Waals surface area contributed by atoms with Crippen LogP contribution in [0.5, 0.6) is 0 Å². The molecule has 0 N–H and O–H groups in total. The fourth-order valence-electron chi connectivity index (χ4n) is 4.14. The van der Waals surface area contributed by atoms with Crippen molar-refractivity contribution in [3.63, 3.8) is 0 Å². The number of carbonyl (C=O) groups excluding carboxylic acids is 2. The second kappa shape index (κ2) is 6.94. The lowest BCUT2D eigenvalue weighted by Gasteiger charge is -2.28. The van der Waals surface area contributed by atoms with Crippen LogP contribution in [0.25, 0.3) is 0 Å². The third kappa shape index (κ3) is 3.00. The number of benzene rings is 2. The van der Waals surface area contributed by atoms with Crippen molar-refractivity contribution < 1.29 is 9.59 Å². The maximum atomic E-state index is 12.9. The Kier molecular flexibility index (Phi) is 4.49. The number of fused-ring (bicyclic) bond motifs is 1. The third-order valence-electron chi connectivity index (χ3n) is 5.64. The van der Waals surface area contributed by atoms with Gasteiger partial charge in [-0.3, -0.25) is 9.59 Å². The molecule has 1 heterocycles. The summed E-state index contributed by atoms with van der Waals surface area (Å²) in [6.45, 7) is 0.769. The lowest BCUT2D eigenvalue weighted by atomic mass is 10.1. The van der Waals surface area contributed by atoms with Crippen LogP contribution < -0.4 is 4.90 Å². The van der Waals surface area contributed by atoms with Gasteiger partial charge in [0.25, 0.3) is 5.91 Å². The quantitative estimate of drug-likeness (QED) is 0.842. The lowest BCUT2D eigenvalue weighted by molar-refractivity contribution is -0.119. The van der Waals surface area contributed by atoms with Crippen molar-refractivity contribution in [2.45, 2.75) is 38.1 Å². The van der Waals surface area contributed by atoms with Crippen molar-refractivity contribution in [3.8, 4) is 0 Å². The zero-order chi connectivity index (χ0) is 18.1. The molecule has 1 aliphatic heterocycles. The fraction of sp³-hybridized carbons (Fsp3) is 0.364. The highest BCUT2D eigenvalue weighted by molar-refractivity contribution is 5.97. The van der Waals surface area contributed by atoms with Gasteiger partial charge in [-0.1, -0.05) is 24.3 Å². The maximum Gasteiger partial charge on any atom is 0.254 e. The van der Waals surface area contributed by atoms with Gasteiger partial charge in [-0.05, 0) is 61.1 Å². The van der Waals surface area contributed by atoms with Crippen LogP contribution in [-0.2, 0) is 11.2 Å². The summed E-state index contributed by atoms with van der Waals surface area (Å²) in [7, 11) is 1.89. The minimum absolute atomic E-state index is 0.0308. The van der Waals surface area contributed by atoms with E-state index in [2.05, 4.69) is 18.2 Å². The van der Waals surface area contributed by atoms with Crippen LogP contribution >= 0.6 is 0 Å². The van der Waals surface area contributed by atoms with E-state index in [0.717, 1.165) is 37.9 Å². The first-order chi connectivity index (χ1) is 12.6. The molecule has 1 saturated heterocycles. The molecule has 0 spiro atoms. The number of anilines is 1. The van der Waals surface area contributed by atoms with E-state index in [0.29, 0.717) is 12.0 Å². The van der Waals surface area contributed by atoms with Crippen LogP contribution in [0.4, 0.5) is 5.69 Å². The second-order valence-corrected chi connectivity index (χ2v) is 7.22. The van der Waals surface area contributed by atoms with Gasteiger partial charge in [0, 0.05) is 31.3 Å². The maximum absolute atomic E-state index is 12.9. The number of amides is 2. The first-order valence-corrected chi connectivity index (χ1v) is 9.40. The molecule has 2 aromatic carbocycles. The van der Waals surface area contributed by atoms with Crippen LogP contribution in [-0.4, -0.2) is 30.3 Å². The molecule has 1 aliphatic carbocycles. The molecule has 0 saturated carbocycles. The second-order valence-electron chi connectivity index (χ2n) is 7.22. The molecule has 1 fully saturated rings. The average Bonchev–Trinajstić information content (AvgIpc) is 3.11. The summed E-state index contributed by atoms with van der Waals surface area (Å²) in [5, 5.41) is 0. The molecule has 26 heavy (non-hydrogen) atoms. The number of hydrogen-bond acceptors (Lipinski definition) is 2. The van der Waals surface area contributed by atoms with Gasteiger partial charge < -0.3 is 9.80 Å². The molecule has 4 nitrogen and oxygen atoms in total. The minimum Gasteiger partial charge on any atom is -0.335 e. The van der Waals surface area contributed by atoms with Gasteiger partial charge >= 0.3 is 0 Å². The smallest absolute Gasteiger partial charge is 0.254 e. The molecule has 1 unspecified atom stereocenters. The highest BCUT2D eigenvalue weighted by Gasteiger charge is 2.29. The van der Waals surface area contributed by atoms with Crippen LogP contribution in [0, 0.1) is 0 Å². The zero-order valence-electron chi connectivity index (χ0n) is 15.1. The summed E-state index contributed by atoms with van der Waals surface area (Å²) in [6, 6.07) is 16.0. The number of hydrogen-bond donors (Lipinski definition) is 0. The van der Waals surface area contributed by atoms with Gasteiger partial charge in [-0.2, -0.15) is 0 Å². The Morgan fingerprint density at radius 2 is 1.81 bits per heavy atom. The summed E-state index contributed by atoms with van der Waals surface area (Å²) >= 11 is 0. The van der Waals surface area contributed by atoms with E-state index in [4.69, 9.17) is 0 Å². The number of piperidine rings is 1. The van der Waals surface area contributed by atoms with E-state index < -0.39 is 0 Å². The topological polar surface area (TPSA) is 40.6 Å². The SMILES string of the molecule is CN(C(=O)c1ccc(N2CCCCC2=O)cc1)C1CCc2ccccc21. The Morgan fingerprint density at radius 1 is 1.04 bits per heavy atom. The molecular formula is C22H24N2O2. The van der Waals surface area contributed by atoms with E-state index in [1.165, 1.54) is 11.1 Å². The monoisotopic (exact) mass is 348 g/mol. The number of carbonyl (C=O) groups is 2. The van der Waals surface area contributed by atoms with Crippen molar-refractivity contribution in [1.82, 2.24) is 4.90 Å². The number of rotatable bonds is 3. The summed E-state index contributed by atoms with van der Waals surface area (Å²) < 4.78 is 0. The largest absolute Gasteiger partial charge is 0.335 e. The summed E-state index contributed by atoms with van der Waals surface area (Å²) in [6.07, 6.45) is 4.62. The average molecular weight is 348 g/mol. The molecule has 0 radical (unpaired) electrons. The molecule has 4 heteroatoms. The standard InChI is InChI=1S/C22H24N2O2/c1-23(20-14-11-16-6-2-3-7-19(16)20)22(26)17-9-12-18(13-10-17)24-15-5-4-8-21(24)25/h2-3,6-7,9-10,12-13,20H,4-5,8,11,14-15H2,1H3. The van der Waals surface area contributed by atoms with Crippen molar-refractivity contribution >= 4 is 17.5 Å². The molecular weight excluding hydrogens is 324 g/mol. The summed E-state index contributed by atoms with van der Waals surface area (Å²) in [5.74, 6) is 0.207. The summed E-state index contributed by atoms with van der Waals surface area (Å²) in [4.78, 5) is 28.7. The third-order valence-corrected chi connectivity index (χ3v) is 5.64. The predicted molar refractivity (Wildman–Crippen MR) is 102 cm³/mol. The number of aryl methyl sites for hydroxylation is 1. The van der Waals surface area contributed by atoms with Crippen LogP contribution in [0.15, 0.2) is 48.5 Å². The molecule has 0 aromatic heterocycles. The van der Waals surface area contributed by atoms with Gasteiger partial charge in [-0.15, -0.1) is 0 Å². The van der Waals surface area contributed by atoms with Crippen molar-refractivity contribution in [2.75, 3.05) is 18.5 Å². The Labute approximate surface area is 154 Å². The molecule has 4 rings (SSSR count). The van der Waals surface area contributed by atoms with E-state index >= 15 is 0 Å². The van der Waals surface area contributed by atoms with Gasteiger partial charge in [0.15, 0.2) is 0 Å².